The molecule has 1 aromatic heterocycles. The maximum Gasteiger partial charge on any atom is 0.335 e. The van der Waals surface area contributed by atoms with Crippen molar-refractivity contribution in [3.05, 3.63) is 59.9 Å². The van der Waals surface area contributed by atoms with Crippen molar-refractivity contribution < 1.29 is 19.4 Å². The number of aromatic nitrogens is 4. The Balaban J connectivity index is 1.80. The Kier molecular flexibility index (Phi) is 4.88. The number of hydrogen-bond donors (Lipinski definition) is 2. The molecule has 0 fully saturated rings. The molecule has 0 spiro atoms. The zero-order chi connectivity index (χ0) is 18.5. The molecule has 3 aromatic rings. The highest BCUT2D eigenvalue weighted by Gasteiger charge is 2.14. The average Bonchev–Trinajstić information content (AvgIpc) is 3.16. The lowest BCUT2D eigenvalue weighted by atomic mass is 10.0. The fourth-order valence-corrected chi connectivity index (χ4v) is 2.48. The van der Waals surface area contributed by atoms with Crippen LogP contribution >= 0.6 is 0 Å². The molecule has 3 rings (SSSR count). The maximum absolute atomic E-state index is 12.3. The summed E-state index contributed by atoms with van der Waals surface area (Å²) in [4.78, 5) is 23.6. The summed E-state index contributed by atoms with van der Waals surface area (Å²) in [7, 11) is 1.52. The molecule has 132 valence electrons. The van der Waals surface area contributed by atoms with E-state index < -0.39 is 5.97 Å². The third-order valence-electron chi connectivity index (χ3n) is 3.66. The second-order valence-electron chi connectivity index (χ2n) is 5.33. The second kappa shape index (κ2) is 7.43. The monoisotopic (exact) mass is 353 g/mol. The fraction of sp³-hybridized carbons (Fsp3) is 0.118. The highest BCUT2D eigenvalue weighted by Crippen LogP contribution is 2.25. The predicted octanol–water partition coefficient (Wildman–Crippen LogP) is 1.55. The van der Waals surface area contributed by atoms with Crippen LogP contribution in [0.15, 0.2) is 48.8 Å². The molecule has 0 radical (unpaired) electrons. The smallest absolute Gasteiger partial charge is 0.335 e. The van der Waals surface area contributed by atoms with Crippen LogP contribution in [0.2, 0.25) is 0 Å². The quantitative estimate of drug-likeness (QED) is 0.690. The number of anilines is 1. The number of rotatable bonds is 6. The minimum atomic E-state index is -1.07. The molecule has 0 saturated carbocycles. The molecule has 0 aliphatic carbocycles. The number of carbonyl (C=O) groups excluding carboxylic acids is 1. The molecule has 0 bridgehead atoms. The van der Waals surface area contributed by atoms with Gasteiger partial charge in [-0.25, -0.2) is 4.79 Å². The molecule has 1 heterocycles. The van der Waals surface area contributed by atoms with Crippen LogP contribution in [0.1, 0.15) is 15.9 Å². The molecule has 2 N–H and O–H groups in total. The molecule has 0 atom stereocenters. The number of benzene rings is 2. The van der Waals surface area contributed by atoms with Gasteiger partial charge in [-0.3, -0.25) is 4.79 Å². The first-order valence-corrected chi connectivity index (χ1v) is 7.61. The van der Waals surface area contributed by atoms with Crippen molar-refractivity contribution >= 4 is 17.6 Å². The van der Waals surface area contributed by atoms with Crippen LogP contribution in [0.25, 0.3) is 5.69 Å². The van der Waals surface area contributed by atoms with E-state index >= 15 is 0 Å². The van der Waals surface area contributed by atoms with Gasteiger partial charge in [0.05, 0.1) is 19.1 Å². The van der Waals surface area contributed by atoms with Gasteiger partial charge in [-0.15, -0.1) is 5.10 Å². The van der Waals surface area contributed by atoms with E-state index in [1.54, 1.807) is 36.4 Å². The first-order valence-electron chi connectivity index (χ1n) is 7.61. The summed E-state index contributed by atoms with van der Waals surface area (Å²) in [5.74, 6) is -0.878. The molecule has 0 unspecified atom stereocenters. The largest absolute Gasteiger partial charge is 0.494 e. The summed E-state index contributed by atoms with van der Waals surface area (Å²) in [6.07, 6.45) is 1.35. The molecule has 9 heteroatoms. The third-order valence-corrected chi connectivity index (χ3v) is 3.66. The molecule has 9 nitrogen and oxygen atoms in total. The summed E-state index contributed by atoms with van der Waals surface area (Å²) in [5.41, 5.74) is 1.61. The molecule has 0 aliphatic heterocycles. The SMILES string of the molecule is COc1ccc(NC(=O)Cc2ccccc2C(=O)O)cc1-n1cnnn1. The van der Waals surface area contributed by atoms with Crippen molar-refractivity contribution in [2.45, 2.75) is 6.42 Å². The summed E-state index contributed by atoms with van der Waals surface area (Å²) in [6.45, 7) is 0. The van der Waals surface area contributed by atoms with Gasteiger partial charge in [-0.1, -0.05) is 18.2 Å². The van der Waals surface area contributed by atoms with E-state index in [1.807, 2.05) is 0 Å². The van der Waals surface area contributed by atoms with Crippen LogP contribution < -0.4 is 10.1 Å². The molecule has 2 aromatic carbocycles. The van der Waals surface area contributed by atoms with E-state index in [1.165, 1.54) is 24.2 Å². The first-order chi connectivity index (χ1) is 12.6. The normalized spacial score (nSPS) is 10.3. The lowest BCUT2D eigenvalue weighted by molar-refractivity contribution is -0.115. The molecule has 0 aliphatic rings. The van der Waals surface area contributed by atoms with Gasteiger partial charge in [0.2, 0.25) is 5.91 Å². The number of aromatic carboxylic acids is 1. The van der Waals surface area contributed by atoms with Gasteiger partial charge in [-0.05, 0) is 40.3 Å². The number of nitrogens with zero attached hydrogens (tertiary/aromatic N) is 4. The van der Waals surface area contributed by atoms with E-state index in [2.05, 4.69) is 20.8 Å². The van der Waals surface area contributed by atoms with Gasteiger partial charge in [-0.2, -0.15) is 4.68 Å². The van der Waals surface area contributed by atoms with E-state index in [0.717, 1.165) is 0 Å². The first kappa shape index (κ1) is 17.1. The third kappa shape index (κ3) is 3.66. The van der Waals surface area contributed by atoms with E-state index in [-0.39, 0.29) is 17.9 Å². The van der Waals surface area contributed by atoms with Gasteiger partial charge in [0, 0.05) is 5.69 Å². The Morgan fingerprint density at radius 1 is 1.23 bits per heavy atom. The second-order valence-corrected chi connectivity index (χ2v) is 5.33. The number of carboxylic acid groups (broad SMARTS) is 1. The number of hydrogen-bond acceptors (Lipinski definition) is 6. The zero-order valence-corrected chi connectivity index (χ0v) is 13.8. The Labute approximate surface area is 148 Å². The number of carbonyl (C=O) groups is 2. The van der Waals surface area contributed by atoms with Gasteiger partial charge in [0.15, 0.2) is 0 Å². The van der Waals surface area contributed by atoms with Gasteiger partial charge in [0.1, 0.15) is 17.8 Å². The summed E-state index contributed by atoms with van der Waals surface area (Å²) in [6, 6.07) is 11.4. The molecular weight excluding hydrogens is 338 g/mol. The Hall–Kier alpha value is -3.75. The number of tetrazole rings is 1. The van der Waals surface area contributed by atoms with Crippen LogP contribution in [-0.2, 0) is 11.2 Å². The van der Waals surface area contributed by atoms with Gasteiger partial charge < -0.3 is 15.2 Å². The van der Waals surface area contributed by atoms with Crippen molar-refractivity contribution in [2.24, 2.45) is 0 Å². The number of ether oxygens (including phenoxy) is 1. The number of methoxy groups -OCH3 is 1. The molecule has 0 saturated heterocycles. The van der Waals surface area contributed by atoms with Crippen molar-refractivity contribution in [3.63, 3.8) is 0 Å². The number of carboxylic acids is 1. The fourth-order valence-electron chi connectivity index (χ4n) is 2.48. The maximum atomic E-state index is 12.3. The summed E-state index contributed by atoms with van der Waals surface area (Å²) < 4.78 is 6.68. The van der Waals surface area contributed by atoms with Crippen LogP contribution in [-0.4, -0.2) is 44.3 Å². The Morgan fingerprint density at radius 2 is 2.04 bits per heavy atom. The topological polar surface area (TPSA) is 119 Å². The number of amides is 1. The Morgan fingerprint density at radius 3 is 2.73 bits per heavy atom. The lowest BCUT2D eigenvalue weighted by Crippen LogP contribution is -2.16. The van der Waals surface area contributed by atoms with E-state index in [0.29, 0.717) is 22.7 Å². The van der Waals surface area contributed by atoms with Crippen LogP contribution in [0.5, 0.6) is 5.75 Å². The minimum Gasteiger partial charge on any atom is -0.494 e. The van der Waals surface area contributed by atoms with Crippen molar-refractivity contribution in [1.82, 2.24) is 20.2 Å². The standard InChI is InChI=1S/C17H15N5O4/c1-26-15-7-6-12(9-14(15)22-10-18-20-21-22)19-16(23)8-11-4-2-3-5-13(11)17(24)25/h2-7,9-10H,8H2,1H3,(H,19,23)(H,24,25). The molecule has 26 heavy (non-hydrogen) atoms. The van der Waals surface area contributed by atoms with E-state index in [4.69, 9.17) is 4.74 Å². The van der Waals surface area contributed by atoms with Crippen molar-refractivity contribution in [2.75, 3.05) is 12.4 Å². The highest BCUT2D eigenvalue weighted by atomic mass is 16.5. The van der Waals surface area contributed by atoms with Crippen LogP contribution in [0.4, 0.5) is 5.69 Å². The van der Waals surface area contributed by atoms with Gasteiger partial charge >= 0.3 is 5.97 Å². The highest BCUT2D eigenvalue weighted by molar-refractivity contribution is 5.96. The molecular formula is C17H15N5O4. The zero-order valence-electron chi connectivity index (χ0n) is 13.8. The van der Waals surface area contributed by atoms with E-state index in [9.17, 15) is 14.7 Å². The Bertz CT molecular complexity index is 940. The van der Waals surface area contributed by atoms with Gasteiger partial charge in [0.25, 0.3) is 0 Å². The van der Waals surface area contributed by atoms with Crippen molar-refractivity contribution in [3.8, 4) is 11.4 Å². The molecule has 1 amide bonds. The predicted molar refractivity (Wildman–Crippen MR) is 91.4 cm³/mol. The average molecular weight is 353 g/mol. The van der Waals surface area contributed by atoms with Crippen LogP contribution in [0.3, 0.4) is 0 Å². The van der Waals surface area contributed by atoms with Crippen molar-refractivity contribution in [1.29, 1.82) is 0 Å². The summed E-state index contributed by atoms with van der Waals surface area (Å²) >= 11 is 0. The summed E-state index contributed by atoms with van der Waals surface area (Å²) in [5, 5.41) is 22.9. The lowest BCUT2D eigenvalue weighted by Gasteiger charge is -2.11. The number of nitrogens with one attached hydrogen (secondary N) is 1. The van der Waals surface area contributed by atoms with Crippen LogP contribution in [0, 0.1) is 0 Å². The minimum absolute atomic E-state index is 0.0608.